The molecule has 0 spiro atoms. The molecule has 1 aliphatic rings. The Bertz CT molecular complexity index is 993. The number of ether oxygens (including phenoxy) is 1. The highest BCUT2D eigenvalue weighted by Crippen LogP contribution is 2.30. The summed E-state index contributed by atoms with van der Waals surface area (Å²) < 4.78 is 18.7. The van der Waals surface area contributed by atoms with E-state index in [0.717, 1.165) is 17.0 Å². The summed E-state index contributed by atoms with van der Waals surface area (Å²) in [5.74, 6) is -3.58. The molecule has 0 aliphatic carbocycles. The maximum absolute atomic E-state index is 13.5. The van der Waals surface area contributed by atoms with Gasteiger partial charge in [0.15, 0.2) is 0 Å². The first-order chi connectivity index (χ1) is 13.3. The predicted octanol–water partition coefficient (Wildman–Crippen LogP) is 1.79. The SMILES string of the molecule is NC(=O)c1cccc(OC(=O)C2CC(=O)N(c3ccc(F)c([N+](=O)[O-])c3)C2)c1. The molecule has 2 N–H and O–H groups in total. The largest absolute Gasteiger partial charge is 0.426 e. The lowest BCUT2D eigenvalue weighted by atomic mass is 10.1. The lowest BCUT2D eigenvalue weighted by Gasteiger charge is -2.16. The molecule has 1 atom stereocenters. The van der Waals surface area contributed by atoms with Crippen LogP contribution in [0.25, 0.3) is 0 Å². The van der Waals surface area contributed by atoms with Gasteiger partial charge in [0, 0.05) is 24.6 Å². The van der Waals surface area contributed by atoms with Crippen molar-refractivity contribution in [1.29, 1.82) is 0 Å². The molecule has 2 aromatic rings. The van der Waals surface area contributed by atoms with Gasteiger partial charge in [0.1, 0.15) is 5.75 Å². The molecule has 2 aromatic carbocycles. The maximum atomic E-state index is 13.5. The number of anilines is 1. The van der Waals surface area contributed by atoms with Crippen molar-refractivity contribution >= 4 is 29.2 Å². The fourth-order valence-electron chi connectivity index (χ4n) is 2.84. The third-order valence-electron chi connectivity index (χ3n) is 4.23. The molecule has 1 saturated heterocycles. The number of hydrogen-bond donors (Lipinski definition) is 1. The van der Waals surface area contributed by atoms with Crippen LogP contribution in [0, 0.1) is 21.8 Å². The first-order valence-corrected chi connectivity index (χ1v) is 8.12. The van der Waals surface area contributed by atoms with E-state index in [2.05, 4.69) is 0 Å². The average Bonchev–Trinajstić information content (AvgIpc) is 3.04. The third kappa shape index (κ3) is 3.80. The fraction of sp³-hybridized carbons (Fsp3) is 0.167. The number of nitro benzene ring substituents is 1. The number of carbonyl (C=O) groups is 3. The average molecular weight is 387 g/mol. The Morgan fingerprint density at radius 1 is 1.25 bits per heavy atom. The molecule has 2 amide bonds. The summed E-state index contributed by atoms with van der Waals surface area (Å²) in [4.78, 5) is 46.9. The van der Waals surface area contributed by atoms with Gasteiger partial charge in [-0.2, -0.15) is 4.39 Å². The Balaban J connectivity index is 1.75. The van der Waals surface area contributed by atoms with Crippen molar-refractivity contribution in [2.45, 2.75) is 6.42 Å². The minimum Gasteiger partial charge on any atom is -0.426 e. The van der Waals surface area contributed by atoms with E-state index >= 15 is 0 Å². The van der Waals surface area contributed by atoms with Crippen molar-refractivity contribution in [3.8, 4) is 5.75 Å². The van der Waals surface area contributed by atoms with Crippen LogP contribution in [-0.2, 0) is 9.59 Å². The molecular weight excluding hydrogens is 373 g/mol. The summed E-state index contributed by atoms with van der Waals surface area (Å²) in [5.41, 5.74) is 4.69. The highest BCUT2D eigenvalue weighted by Gasteiger charge is 2.37. The Kier molecular flexibility index (Phi) is 5.03. The lowest BCUT2D eigenvalue weighted by molar-refractivity contribution is -0.387. The monoisotopic (exact) mass is 387 g/mol. The molecule has 1 aliphatic heterocycles. The Morgan fingerprint density at radius 3 is 2.68 bits per heavy atom. The summed E-state index contributed by atoms with van der Waals surface area (Å²) in [7, 11) is 0. The van der Waals surface area contributed by atoms with Crippen molar-refractivity contribution in [1.82, 2.24) is 0 Å². The van der Waals surface area contributed by atoms with Crippen LogP contribution in [0.15, 0.2) is 42.5 Å². The number of nitrogens with zero attached hydrogens (tertiary/aromatic N) is 2. The number of amides is 2. The Hall–Kier alpha value is -3.82. The van der Waals surface area contributed by atoms with Crippen molar-refractivity contribution in [2.75, 3.05) is 11.4 Å². The molecule has 28 heavy (non-hydrogen) atoms. The van der Waals surface area contributed by atoms with Crippen LogP contribution < -0.4 is 15.4 Å². The fourth-order valence-corrected chi connectivity index (χ4v) is 2.84. The number of benzene rings is 2. The zero-order chi connectivity index (χ0) is 20.4. The number of carbonyl (C=O) groups excluding carboxylic acids is 3. The second-order valence-electron chi connectivity index (χ2n) is 6.11. The van der Waals surface area contributed by atoms with Gasteiger partial charge in [0.05, 0.1) is 16.5 Å². The van der Waals surface area contributed by atoms with E-state index in [1.807, 2.05) is 0 Å². The van der Waals surface area contributed by atoms with E-state index in [4.69, 9.17) is 10.5 Å². The van der Waals surface area contributed by atoms with E-state index in [-0.39, 0.29) is 30.0 Å². The lowest BCUT2D eigenvalue weighted by Crippen LogP contribution is -2.27. The Morgan fingerprint density at radius 2 is 2.00 bits per heavy atom. The van der Waals surface area contributed by atoms with Crippen LogP contribution in [0.3, 0.4) is 0 Å². The van der Waals surface area contributed by atoms with Gasteiger partial charge in [-0.15, -0.1) is 0 Å². The minimum absolute atomic E-state index is 0.0734. The van der Waals surface area contributed by atoms with Crippen LogP contribution in [0.1, 0.15) is 16.8 Å². The standard InChI is InChI=1S/C18H14FN3O6/c19-14-5-4-12(8-15(14)22(26)27)21-9-11(7-16(21)23)18(25)28-13-3-1-2-10(6-13)17(20)24/h1-6,8,11H,7,9H2,(H2,20,24). The normalized spacial score (nSPS) is 16.1. The molecule has 144 valence electrons. The number of halogens is 1. The van der Waals surface area contributed by atoms with Crippen molar-refractivity contribution in [2.24, 2.45) is 11.7 Å². The van der Waals surface area contributed by atoms with Gasteiger partial charge in [-0.3, -0.25) is 24.5 Å². The number of nitrogens with two attached hydrogens (primary N) is 1. The number of rotatable bonds is 5. The molecule has 0 bridgehead atoms. The molecule has 1 heterocycles. The summed E-state index contributed by atoms with van der Waals surface area (Å²) in [6.45, 7) is -0.0734. The number of nitro groups is 1. The highest BCUT2D eigenvalue weighted by atomic mass is 19.1. The number of primary amides is 1. The highest BCUT2D eigenvalue weighted by molar-refractivity contribution is 6.00. The predicted molar refractivity (Wildman–Crippen MR) is 94.1 cm³/mol. The molecule has 3 rings (SSSR count). The van der Waals surface area contributed by atoms with Gasteiger partial charge in [-0.05, 0) is 30.3 Å². The van der Waals surface area contributed by atoms with Crippen LogP contribution in [0.2, 0.25) is 0 Å². The third-order valence-corrected chi connectivity index (χ3v) is 4.23. The molecule has 10 heteroatoms. The van der Waals surface area contributed by atoms with Gasteiger partial charge in [0.2, 0.25) is 17.6 Å². The second kappa shape index (κ2) is 7.43. The van der Waals surface area contributed by atoms with E-state index in [9.17, 15) is 28.9 Å². The molecule has 0 saturated carbocycles. The zero-order valence-corrected chi connectivity index (χ0v) is 14.3. The smallest absolute Gasteiger partial charge is 0.316 e. The maximum Gasteiger partial charge on any atom is 0.316 e. The molecule has 9 nitrogen and oxygen atoms in total. The van der Waals surface area contributed by atoms with E-state index < -0.39 is 40.1 Å². The van der Waals surface area contributed by atoms with Crippen LogP contribution in [0.4, 0.5) is 15.8 Å². The molecule has 0 aromatic heterocycles. The zero-order valence-electron chi connectivity index (χ0n) is 14.3. The quantitative estimate of drug-likeness (QED) is 0.360. The van der Waals surface area contributed by atoms with E-state index in [1.54, 1.807) is 0 Å². The Labute approximate surface area is 157 Å². The van der Waals surface area contributed by atoms with Gasteiger partial charge >= 0.3 is 11.7 Å². The van der Waals surface area contributed by atoms with Gasteiger partial charge in [-0.1, -0.05) is 6.07 Å². The summed E-state index contributed by atoms with van der Waals surface area (Å²) in [5, 5.41) is 10.9. The van der Waals surface area contributed by atoms with Gasteiger partial charge in [0.25, 0.3) is 0 Å². The molecule has 1 fully saturated rings. The van der Waals surface area contributed by atoms with Gasteiger partial charge in [-0.25, -0.2) is 0 Å². The molecule has 1 unspecified atom stereocenters. The summed E-state index contributed by atoms with van der Waals surface area (Å²) >= 11 is 0. The van der Waals surface area contributed by atoms with Crippen LogP contribution in [0.5, 0.6) is 5.75 Å². The van der Waals surface area contributed by atoms with Crippen molar-refractivity contribution in [3.63, 3.8) is 0 Å². The number of hydrogen-bond acceptors (Lipinski definition) is 6. The van der Waals surface area contributed by atoms with Gasteiger partial charge < -0.3 is 15.4 Å². The van der Waals surface area contributed by atoms with E-state index in [1.165, 1.54) is 30.3 Å². The van der Waals surface area contributed by atoms with Crippen molar-refractivity contribution in [3.05, 3.63) is 64.0 Å². The van der Waals surface area contributed by atoms with Crippen LogP contribution >= 0.6 is 0 Å². The summed E-state index contributed by atoms with van der Waals surface area (Å²) in [6, 6.07) is 8.78. The topological polar surface area (TPSA) is 133 Å². The molecule has 0 radical (unpaired) electrons. The van der Waals surface area contributed by atoms with Crippen molar-refractivity contribution < 1.29 is 28.4 Å². The van der Waals surface area contributed by atoms with Crippen LogP contribution in [-0.4, -0.2) is 29.3 Å². The first kappa shape index (κ1) is 19.0. The number of esters is 1. The molecular formula is C18H14FN3O6. The summed E-state index contributed by atoms with van der Waals surface area (Å²) in [6.07, 6.45) is -0.167. The second-order valence-corrected chi connectivity index (χ2v) is 6.11. The first-order valence-electron chi connectivity index (χ1n) is 8.12. The van der Waals surface area contributed by atoms with E-state index in [0.29, 0.717) is 0 Å². The minimum atomic E-state index is -1.02.